The second-order valence-corrected chi connectivity index (χ2v) is 7.48. The lowest BCUT2D eigenvalue weighted by Crippen LogP contribution is -2.48. The highest BCUT2D eigenvalue weighted by Gasteiger charge is 2.33. The van der Waals surface area contributed by atoms with Crippen molar-refractivity contribution in [3.05, 3.63) is 0 Å². The second kappa shape index (κ2) is 6.38. The molecule has 0 bridgehead atoms. The van der Waals surface area contributed by atoms with Crippen molar-refractivity contribution in [3.63, 3.8) is 0 Å². The summed E-state index contributed by atoms with van der Waals surface area (Å²) in [6.45, 7) is 0.720. The molecule has 7 nitrogen and oxygen atoms in total. The summed E-state index contributed by atoms with van der Waals surface area (Å²) in [5.74, 6) is -1.39. The number of carbonyl (C=O) groups is 1. The number of nitrogens with zero attached hydrogens (tertiary/aromatic N) is 1. The van der Waals surface area contributed by atoms with Crippen LogP contribution in [0.25, 0.3) is 0 Å². The van der Waals surface area contributed by atoms with Crippen LogP contribution in [0.5, 0.6) is 0 Å². The van der Waals surface area contributed by atoms with Crippen LogP contribution < -0.4 is 4.72 Å². The van der Waals surface area contributed by atoms with Gasteiger partial charge in [0.15, 0.2) is 0 Å². The molecule has 3 atom stereocenters. The van der Waals surface area contributed by atoms with E-state index >= 15 is 0 Å². The Labute approximate surface area is 119 Å². The summed E-state index contributed by atoms with van der Waals surface area (Å²) in [6.07, 6.45) is 2.94. The smallest absolute Gasteiger partial charge is 0.307 e. The van der Waals surface area contributed by atoms with E-state index in [4.69, 9.17) is 5.11 Å². The first-order chi connectivity index (χ1) is 9.38. The number of nitrogens with one attached hydrogen (secondary N) is 1. The lowest BCUT2D eigenvalue weighted by Gasteiger charge is -2.30. The maximum atomic E-state index is 12.2. The van der Waals surface area contributed by atoms with Gasteiger partial charge in [-0.3, -0.25) is 4.79 Å². The number of aliphatic hydroxyl groups is 1. The van der Waals surface area contributed by atoms with E-state index in [-0.39, 0.29) is 18.6 Å². The van der Waals surface area contributed by atoms with Crippen LogP contribution in [0, 0.1) is 11.8 Å². The Hall–Kier alpha value is -0.700. The number of piperidine rings is 1. The van der Waals surface area contributed by atoms with Crippen LogP contribution >= 0.6 is 0 Å². The molecule has 0 aromatic carbocycles. The fourth-order valence-electron chi connectivity index (χ4n) is 2.91. The largest absolute Gasteiger partial charge is 0.481 e. The highest BCUT2D eigenvalue weighted by Crippen LogP contribution is 2.25. The van der Waals surface area contributed by atoms with Crippen molar-refractivity contribution in [1.29, 1.82) is 0 Å². The van der Waals surface area contributed by atoms with Gasteiger partial charge in [0.2, 0.25) is 0 Å². The molecule has 1 saturated carbocycles. The Morgan fingerprint density at radius 3 is 2.65 bits per heavy atom. The van der Waals surface area contributed by atoms with Crippen LogP contribution in [-0.2, 0) is 15.0 Å². The van der Waals surface area contributed by atoms with Gasteiger partial charge in [0, 0.05) is 19.6 Å². The molecule has 0 aromatic rings. The average Bonchev–Trinajstić information content (AvgIpc) is 2.82. The average molecular weight is 306 g/mol. The van der Waals surface area contributed by atoms with Gasteiger partial charge in [0.25, 0.3) is 10.2 Å². The highest BCUT2D eigenvalue weighted by molar-refractivity contribution is 7.87. The molecule has 0 radical (unpaired) electrons. The fraction of sp³-hybridized carbons (Fsp3) is 0.917. The SMILES string of the molecule is O=C(O)C1CCCN(S(=O)(=O)NCC2CCC(O)C2)C1. The van der Waals surface area contributed by atoms with E-state index in [1.54, 1.807) is 0 Å². The van der Waals surface area contributed by atoms with E-state index in [0.717, 1.165) is 12.8 Å². The minimum absolute atomic E-state index is 0.0396. The monoisotopic (exact) mass is 306 g/mol. The number of hydrogen-bond donors (Lipinski definition) is 3. The predicted octanol–water partition coefficient (Wildman–Crippen LogP) is -0.222. The summed E-state index contributed by atoms with van der Waals surface area (Å²) < 4.78 is 28.1. The summed E-state index contributed by atoms with van der Waals surface area (Å²) in [7, 11) is -3.62. The Morgan fingerprint density at radius 1 is 1.30 bits per heavy atom. The fourth-order valence-corrected chi connectivity index (χ4v) is 4.29. The van der Waals surface area contributed by atoms with Gasteiger partial charge in [-0.2, -0.15) is 12.7 Å². The molecular weight excluding hydrogens is 284 g/mol. The number of aliphatic hydroxyl groups excluding tert-OH is 1. The molecule has 1 saturated heterocycles. The van der Waals surface area contributed by atoms with Crippen LogP contribution in [0.4, 0.5) is 0 Å². The summed E-state index contributed by atoms with van der Waals surface area (Å²) in [4.78, 5) is 11.0. The number of carboxylic acids is 1. The predicted molar refractivity (Wildman–Crippen MR) is 72.2 cm³/mol. The van der Waals surface area contributed by atoms with Crippen LogP contribution in [-0.4, -0.2) is 54.6 Å². The molecule has 0 aromatic heterocycles. The first-order valence-electron chi connectivity index (χ1n) is 7.04. The standard InChI is InChI=1S/C12H22N2O5S/c15-11-4-3-9(6-11)7-13-20(18,19)14-5-1-2-10(8-14)12(16)17/h9-11,13,15H,1-8H2,(H,16,17). The topological polar surface area (TPSA) is 107 Å². The maximum Gasteiger partial charge on any atom is 0.307 e. The maximum absolute atomic E-state index is 12.2. The first kappa shape index (κ1) is 15.7. The van der Waals surface area contributed by atoms with Gasteiger partial charge < -0.3 is 10.2 Å². The minimum Gasteiger partial charge on any atom is -0.481 e. The van der Waals surface area contributed by atoms with Crippen molar-refractivity contribution in [2.24, 2.45) is 11.8 Å². The molecule has 2 aliphatic rings. The van der Waals surface area contributed by atoms with Gasteiger partial charge in [-0.1, -0.05) is 0 Å². The number of rotatable bonds is 5. The van der Waals surface area contributed by atoms with Crippen LogP contribution in [0.1, 0.15) is 32.1 Å². The molecule has 0 amide bonds. The zero-order chi connectivity index (χ0) is 14.8. The van der Waals surface area contributed by atoms with Crippen molar-refractivity contribution in [2.75, 3.05) is 19.6 Å². The number of hydrogen-bond acceptors (Lipinski definition) is 4. The van der Waals surface area contributed by atoms with Crippen LogP contribution in [0.2, 0.25) is 0 Å². The first-order valence-corrected chi connectivity index (χ1v) is 8.48. The summed E-state index contributed by atoms with van der Waals surface area (Å²) >= 11 is 0. The Bertz CT molecular complexity index is 453. The van der Waals surface area contributed by atoms with Gasteiger partial charge in [-0.25, -0.2) is 4.72 Å². The summed E-state index contributed by atoms with van der Waals surface area (Å²) in [5.41, 5.74) is 0. The Balaban J connectivity index is 1.87. The number of aliphatic carboxylic acids is 1. The molecule has 116 valence electrons. The lowest BCUT2D eigenvalue weighted by molar-refractivity contribution is -0.142. The van der Waals surface area contributed by atoms with Crippen molar-refractivity contribution >= 4 is 16.2 Å². The van der Waals surface area contributed by atoms with Crippen molar-refractivity contribution in [1.82, 2.24) is 9.03 Å². The van der Waals surface area contributed by atoms with Crippen molar-refractivity contribution in [2.45, 2.75) is 38.2 Å². The van der Waals surface area contributed by atoms with Gasteiger partial charge in [0.1, 0.15) is 0 Å². The summed E-state index contributed by atoms with van der Waals surface area (Å²) in [5, 5.41) is 18.4. The molecule has 2 rings (SSSR count). The van der Waals surface area contributed by atoms with E-state index < -0.39 is 22.1 Å². The van der Waals surface area contributed by atoms with E-state index in [1.165, 1.54) is 4.31 Å². The minimum atomic E-state index is -3.62. The third-order valence-corrected chi connectivity index (χ3v) is 5.68. The van der Waals surface area contributed by atoms with E-state index in [1.807, 2.05) is 0 Å². The van der Waals surface area contributed by atoms with Crippen molar-refractivity contribution in [3.8, 4) is 0 Å². The number of carboxylic acid groups (broad SMARTS) is 1. The molecule has 1 aliphatic heterocycles. The Kier molecular flexibility index (Phi) is 5.00. The van der Waals surface area contributed by atoms with E-state index in [9.17, 15) is 18.3 Å². The van der Waals surface area contributed by atoms with Gasteiger partial charge in [-0.15, -0.1) is 0 Å². The normalized spacial score (nSPS) is 32.4. The molecule has 1 aliphatic carbocycles. The van der Waals surface area contributed by atoms with Gasteiger partial charge in [0.05, 0.1) is 12.0 Å². The second-order valence-electron chi connectivity index (χ2n) is 5.72. The zero-order valence-corrected chi connectivity index (χ0v) is 12.2. The molecule has 8 heteroatoms. The van der Waals surface area contributed by atoms with E-state index in [2.05, 4.69) is 4.72 Å². The molecular formula is C12H22N2O5S. The molecule has 3 unspecified atom stereocenters. The molecule has 1 heterocycles. The molecule has 0 spiro atoms. The van der Waals surface area contributed by atoms with Gasteiger partial charge >= 0.3 is 5.97 Å². The van der Waals surface area contributed by atoms with Crippen molar-refractivity contribution < 1.29 is 23.4 Å². The van der Waals surface area contributed by atoms with E-state index in [0.29, 0.717) is 32.4 Å². The molecule has 2 fully saturated rings. The Morgan fingerprint density at radius 2 is 2.05 bits per heavy atom. The highest BCUT2D eigenvalue weighted by atomic mass is 32.2. The van der Waals surface area contributed by atoms with Crippen LogP contribution in [0.15, 0.2) is 0 Å². The summed E-state index contributed by atoms with van der Waals surface area (Å²) in [6, 6.07) is 0. The van der Waals surface area contributed by atoms with Crippen LogP contribution in [0.3, 0.4) is 0 Å². The third kappa shape index (κ3) is 3.91. The zero-order valence-electron chi connectivity index (χ0n) is 11.4. The third-order valence-electron chi connectivity index (χ3n) is 4.14. The quantitative estimate of drug-likeness (QED) is 0.651. The van der Waals surface area contributed by atoms with Gasteiger partial charge in [-0.05, 0) is 38.0 Å². The molecule has 20 heavy (non-hydrogen) atoms. The lowest BCUT2D eigenvalue weighted by atomic mass is 10.0. The molecule has 3 N–H and O–H groups in total.